The second-order valence-electron chi connectivity index (χ2n) is 5.27. The van der Waals surface area contributed by atoms with E-state index in [9.17, 15) is 0 Å². The van der Waals surface area contributed by atoms with E-state index in [4.69, 9.17) is 0 Å². The third-order valence-corrected chi connectivity index (χ3v) is 3.77. The van der Waals surface area contributed by atoms with Gasteiger partial charge in [-0.25, -0.2) is 0 Å². The second kappa shape index (κ2) is 8.67. The molecular weight excluding hydrogens is 213 g/mol. The first kappa shape index (κ1) is 15.7. The van der Waals surface area contributed by atoms with Crippen LogP contribution in [0.1, 0.15) is 39.2 Å². The average molecular weight is 239 g/mol. The first-order valence-corrected chi connectivity index (χ1v) is 7.55. The number of rotatable bonds is 8. The zero-order chi connectivity index (χ0) is 13.4. The van der Waals surface area contributed by atoms with Gasteiger partial charge in [0.2, 0.25) is 0 Å². The summed E-state index contributed by atoms with van der Waals surface area (Å²) in [5, 5.41) is 1.31. The van der Waals surface area contributed by atoms with E-state index < -0.39 is 0 Å². The summed E-state index contributed by atoms with van der Waals surface area (Å²) < 4.78 is 0. The first-order chi connectivity index (χ1) is 8.71. The van der Waals surface area contributed by atoms with Crippen LogP contribution in [0.4, 0.5) is 5.69 Å². The molecule has 0 saturated heterocycles. The number of hydrogen-bond acceptors (Lipinski definition) is 1. The molecular formula is C16H26LiN. The van der Waals surface area contributed by atoms with E-state index in [0.717, 1.165) is 19.0 Å². The van der Waals surface area contributed by atoms with E-state index in [1.165, 1.54) is 35.6 Å². The van der Waals surface area contributed by atoms with E-state index in [2.05, 4.69) is 67.7 Å². The Morgan fingerprint density at radius 2 is 1.67 bits per heavy atom. The molecule has 0 fully saturated rings. The number of benzene rings is 1. The molecule has 1 nitrogen and oxygen atoms in total. The summed E-state index contributed by atoms with van der Waals surface area (Å²) >= 11 is 2.27. The Morgan fingerprint density at radius 1 is 1.06 bits per heavy atom. The fourth-order valence-corrected chi connectivity index (χ4v) is 2.51. The van der Waals surface area contributed by atoms with Gasteiger partial charge < -0.3 is 0 Å². The predicted octanol–water partition coefficient (Wildman–Crippen LogP) is 4.08. The van der Waals surface area contributed by atoms with Crippen LogP contribution in [0.3, 0.4) is 0 Å². The van der Waals surface area contributed by atoms with Crippen molar-refractivity contribution in [2.75, 3.05) is 18.0 Å². The molecule has 96 valence electrons. The summed E-state index contributed by atoms with van der Waals surface area (Å²) in [7, 11) is 0. The summed E-state index contributed by atoms with van der Waals surface area (Å²) in [6.45, 7) is 8.97. The van der Waals surface area contributed by atoms with Gasteiger partial charge in [0.1, 0.15) is 0 Å². The molecule has 1 aromatic rings. The van der Waals surface area contributed by atoms with Gasteiger partial charge in [-0.1, -0.05) is 0 Å². The zero-order valence-corrected chi connectivity index (χ0v) is 12.6. The van der Waals surface area contributed by atoms with E-state index in [0.29, 0.717) is 0 Å². The normalized spacial score (nSPS) is 12.5. The van der Waals surface area contributed by atoms with Gasteiger partial charge in [0.15, 0.2) is 0 Å². The molecule has 0 aliphatic rings. The molecule has 1 rings (SSSR count). The average Bonchev–Trinajstić information content (AvgIpc) is 2.39. The van der Waals surface area contributed by atoms with Gasteiger partial charge in [0, 0.05) is 0 Å². The van der Waals surface area contributed by atoms with Gasteiger partial charge in [0.25, 0.3) is 0 Å². The van der Waals surface area contributed by atoms with Gasteiger partial charge in [0.05, 0.1) is 0 Å². The Labute approximate surface area is 122 Å². The number of aryl methyl sites for hydroxylation is 1. The number of nitrogens with zero attached hydrogens (tertiary/aromatic N) is 1. The van der Waals surface area contributed by atoms with Crippen LogP contribution in [0, 0.1) is 5.92 Å². The third kappa shape index (κ3) is 5.08. The van der Waals surface area contributed by atoms with E-state index >= 15 is 0 Å². The molecule has 1 aromatic carbocycles. The Kier molecular flexibility index (Phi) is 7.55. The van der Waals surface area contributed by atoms with Crippen molar-refractivity contribution in [2.24, 2.45) is 5.92 Å². The molecule has 1 atom stereocenters. The van der Waals surface area contributed by atoms with Crippen molar-refractivity contribution >= 4 is 23.4 Å². The van der Waals surface area contributed by atoms with Crippen molar-refractivity contribution in [3.63, 3.8) is 0 Å². The van der Waals surface area contributed by atoms with E-state index in [1.807, 2.05) is 0 Å². The summed E-state index contributed by atoms with van der Waals surface area (Å²) in [5.41, 5.74) is 2.83. The zero-order valence-electron chi connectivity index (χ0n) is 12.6. The molecule has 0 spiro atoms. The van der Waals surface area contributed by atoms with Gasteiger partial charge in [-0.05, 0) is 0 Å². The van der Waals surface area contributed by atoms with Crippen LogP contribution < -0.4 is 4.90 Å². The summed E-state index contributed by atoms with van der Waals surface area (Å²) in [5.74, 6) is 0.859. The van der Waals surface area contributed by atoms with Crippen molar-refractivity contribution in [3.05, 3.63) is 29.8 Å². The van der Waals surface area contributed by atoms with Crippen LogP contribution in [0.2, 0.25) is 5.09 Å². The van der Waals surface area contributed by atoms with Gasteiger partial charge in [-0.15, -0.1) is 0 Å². The van der Waals surface area contributed by atoms with Gasteiger partial charge in [-0.3, -0.25) is 0 Å². The van der Waals surface area contributed by atoms with Crippen molar-refractivity contribution in [1.29, 1.82) is 0 Å². The Bertz CT molecular complexity index is 316. The van der Waals surface area contributed by atoms with Crippen LogP contribution in [0.25, 0.3) is 0 Å². The minimum absolute atomic E-state index is 0.859. The van der Waals surface area contributed by atoms with Gasteiger partial charge in [-0.2, -0.15) is 0 Å². The van der Waals surface area contributed by atoms with Crippen molar-refractivity contribution in [1.82, 2.24) is 0 Å². The van der Waals surface area contributed by atoms with Crippen molar-refractivity contribution < 1.29 is 0 Å². The monoisotopic (exact) mass is 239 g/mol. The molecule has 1 unspecified atom stereocenters. The van der Waals surface area contributed by atoms with Gasteiger partial charge >= 0.3 is 122 Å². The van der Waals surface area contributed by atoms with E-state index in [1.54, 1.807) is 0 Å². The quantitative estimate of drug-likeness (QED) is 0.618. The molecule has 0 saturated carbocycles. The SMILES string of the molecule is [Li][CH2]CC(C)CCc1ccc(N(CC)CC)cc1. The Hall–Kier alpha value is -0.383. The standard InChI is InChI=1S/C16H26N.Li/c1-5-14(4)8-9-15-10-12-16(13-11-15)17(6-2)7-3;/h10-14H,1,5-9H2,2-4H3;. The second-order valence-corrected chi connectivity index (χ2v) is 5.27. The maximum atomic E-state index is 2.39. The van der Waals surface area contributed by atoms with Crippen LogP contribution in [-0.4, -0.2) is 30.8 Å². The van der Waals surface area contributed by atoms with Crippen molar-refractivity contribution in [2.45, 2.75) is 45.1 Å². The first-order valence-electron chi connectivity index (χ1n) is 7.55. The molecule has 2 heteroatoms. The van der Waals surface area contributed by atoms with Crippen LogP contribution in [0.15, 0.2) is 24.3 Å². The van der Waals surface area contributed by atoms with Crippen LogP contribution >= 0.6 is 0 Å². The Morgan fingerprint density at radius 3 is 2.17 bits per heavy atom. The maximum absolute atomic E-state index is 2.39. The third-order valence-electron chi connectivity index (χ3n) is 3.77. The molecule has 0 aromatic heterocycles. The van der Waals surface area contributed by atoms with Crippen LogP contribution in [-0.2, 0) is 6.42 Å². The predicted molar refractivity (Wildman–Crippen MR) is 82.7 cm³/mol. The number of anilines is 1. The summed E-state index contributed by atoms with van der Waals surface area (Å²) in [6.07, 6.45) is 3.90. The fraction of sp³-hybridized carbons (Fsp3) is 0.625. The summed E-state index contributed by atoms with van der Waals surface area (Å²) in [6, 6.07) is 9.14. The molecule has 0 amide bonds. The molecule has 0 heterocycles. The Balaban J connectivity index is 2.49. The minimum atomic E-state index is 0.859. The topological polar surface area (TPSA) is 3.24 Å². The molecule has 0 aliphatic carbocycles. The number of hydrogen-bond donors (Lipinski definition) is 0. The van der Waals surface area contributed by atoms with Crippen LogP contribution in [0.5, 0.6) is 0 Å². The molecule has 0 bridgehead atoms. The molecule has 0 aliphatic heterocycles. The van der Waals surface area contributed by atoms with E-state index in [-0.39, 0.29) is 0 Å². The fourth-order valence-electron chi connectivity index (χ4n) is 2.51. The molecule has 18 heavy (non-hydrogen) atoms. The molecule has 0 radical (unpaired) electrons. The molecule has 0 N–H and O–H groups in total. The summed E-state index contributed by atoms with van der Waals surface area (Å²) in [4.78, 5) is 2.39. The van der Waals surface area contributed by atoms with Crippen molar-refractivity contribution in [3.8, 4) is 0 Å².